The molecule has 2 aliphatic heterocycles. The van der Waals surface area contributed by atoms with Crippen molar-refractivity contribution in [2.24, 2.45) is 13.0 Å². The van der Waals surface area contributed by atoms with Crippen molar-refractivity contribution < 1.29 is 4.79 Å². The molecule has 134 valence electrons. The van der Waals surface area contributed by atoms with Gasteiger partial charge in [-0.1, -0.05) is 0 Å². The van der Waals surface area contributed by atoms with E-state index in [0.717, 1.165) is 67.6 Å². The predicted octanol–water partition coefficient (Wildman–Crippen LogP) is 2.15. The third kappa shape index (κ3) is 3.47. The van der Waals surface area contributed by atoms with Crippen LogP contribution in [0, 0.1) is 5.92 Å². The summed E-state index contributed by atoms with van der Waals surface area (Å²) < 4.78 is 2.08. The van der Waals surface area contributed by atoms with Gasteiger partial charge in [0, 0.05) is 57.4 Å². The number of carbonyl (C=O) groups excluding carboxylic acids is 1. The second-order valence-corrected chi connectivity index (χ2v) is 8.17. The summed E-state index contributed by atoms with van der Waals surface area (Å²) in [6.45, 7) is 3.78. The SMILES string of the molecule is Cn1c(N2CCC(CC(=O)N3CCSCC3)CC2)nc2cccnc21. The lowest BCUT2D eigenvalue weighted by Crippen LogP contribution is -2.41. The molecule has 0 aromatic carbocycles. The maximum Gasteiger partial charge on any atom is 0.222 e. The molecule has 6 nitrogen and oxygen atoms in total. The normalized spacial score (nSPS) is 19.6. The van der Waals surface area contributed by atoms with Crippen LogP contribution in [-0.2, 0) is 11.8 Å². The van der Waals surface area contributed by atoms with Gasteiger partial charge in [-0.2, -0.15) is 11.8 Å². The van der Waals surface area contributed by atoms with Crippen LogP contribution in [0.15, 0.2) is 18.3 Å². The van der Waals surface area contributed by atoms with E-state index in [1.54, 1.807) is 0 Å². The standard InChI is InChI=1S/C18H25N5OS/c1-21-17-15(3-2-6-19-17)20-18(21)23-7-4-14(5-8-23)13-16(24)22-9-11-25-12-10-22/h2-3,6,14H,4-5,7-13H2,1H3. The quantitative estimate of drug-likeness (QED) is 0.840. The van der Waals surface area contributed by atoms with Gasteiger partial charge in [-0.3, -0.25) is 9.36 Å². The van der Waals surface area contributed by atoms with Gasteiger partial charge in [0.05, 0.1) is 0 Å². The number of rotatable bonds is 3. The molecule has 0 bridgehead atoms. The Morgan fingerprint density at radius 3 is 2.72 bits per heavy atom. The molecule has 2 saturated heterocycles. The van der Waals surface area contributed by atoms with Gasteiger partial charge < -0.3 is 9.80 Å². The van der Waals surface area contributed by atoms with Crippen molar-refractivity contribution in [2.45, 2.75) is 19.3 Å². The lowest BCUT2D eigenvalue weighted by molar-refractivity contribution is -0.132. The van der Waals surface area contributed by atoms with Crippen molar-refractivity contribution in [3.05, 3.63) is 18.3 Å². The van der Waals surface area contributed by atoms with E-state index in [9.17, 15) is 4.79 Å². The minimum absolute atomic E-state index is 0.352. The molecular formula is C18H25N5OS. The molecule has 2 aromatic heterocycles. The van der Waals surface area contributed by atoms with E-state index in [0.29, 0.717) is 18.2 Å². The number of piperidine rings is 1. The summed E-state index contributed by atoms with van der Waals surface area (Å²) in [6.07, 6.45) is 4.64. The number of aromatic nitrogens is 3. The molecule has 2 fully saturated rings. The number of imidazole rings is 1. The van der Waals surface area contributed by atoms with Gasteiger partial charge in [-0.05, 0) is 30.9 Å². The average Bonchev–Trinajstić information content (AvgIpc) is 3.00. The average molecular weight is 359 g/mol. The van der Waals surface area contributed by atoms with Crippen molar-refractivity contribution in [1.29, 1.82) is 0 Å². The molecule has 0 atom stereocenters. The fraction of sp³-hybridized carbons (Fsp3) is 0.611. The van der Waals surface area contributed by atoms with E-state index < -0.39 is 0 Å². The Kier molecular flexibility index (Phi) is 4.83. The van der Waals surface area contributed by atoms with Crippen molar-refractivity contribution >= 4 is 34.8 Å². The second-order valence-electron chi connectivity index (χ2n) is 6.94. The highest BCUT2D eigenvalue weighted by molar-refractivity contribution is 7.99. The highest BCUT2D eigenvalue weighted by Crippen LogP contribution is 2.27. The van der Waals surface area contributed by atoms with Gasteiger partial charge in [0.25, 0.3) is 0 Å². The van der Waals surface area contributed by atoms with Crippen LogP contribution in [0.1, 0.15) is 19.3 Å². The number of nitrogens with zero attached hydrogens (tertiary/aromatic N) is 5. The maximum atomic E-state index is 12.5. The zero-order valence-corrected chi connectivity index (χ0v) is 15.5. The molecule has 0 unspecified atom stereocenters. The fourth-order valence-corrected chi connectivity index (χ4v) is 4.72. The Balaban J connectivity index is 1.36. The van der Waals surface area contributed by atoms with Gasteiger partial charge in [0.15, 0.2) is 5.65 Å². The summed E-state index contributed by atoms with van der Waals surface area (Å²) in [5.41, 5.74) is 1.87. The first-order valence-electron chi connectivity index (χ1n) is 9.10. The molecule has 2 aromatic rings. The van der Waals surface area contributed by atoms with Gasteiger partial charge in [-0.15, -0.1) is 0 Å². The highest BCUT2D eigenvalue weighted by Gasteiger charge is 2.26. The topological polar surface area (TPSA) is 54.3 Å². The van der Waals surface area contributed by atoms with Crippen LogP contribution in [0.2, 0.25) is 0 Å². The van der Waals surface area contributed by atoms with Crippen molar-refractivity contribution in [1.82, 2.24) is 19.4 Å². The Labute approximate surface area is 152 Å². The summed E-state index contributed by atoms with van der Waals surface area (Å²) in [7, 11) is 2.03. The number of pyridine rings is 1. The van der Waals surface area contributed by atoms with Gasteiger partial charge in [0.1, 0.15) is 5.52 Å². The number of fused-ring (bicyclic) bond motifs is 1. The van der Waals surface area contributed by atoms with E-state index in [1.807, 2.05) is 37.1 Å². The summed E-state index contributed by atoms with van der Waals surface area (Å²) in [4.78, 5) is 26.0. The molecule has 4 heterocycles. The number of hydrogen-bond acceptors (Lipinski definition) is 5. The van der Waals surface area contributed by atoms with Crippen LogP contribution in [-0.4, -0.2) is 63.0 Å². The van der Waals surface area contributed by atoms with Crippen LogP contribution in [0.4, 0.5) is 5.95 Å². The Morgan fingerprint density at radius 1 is 1.24 bits per heavy atom. The molecular weight excluding hydrogens is 334 g/mol. The zero-order valence-electron chi connectivity index (χ0n) is 14.7. The maximum absolute atomic E-state index is 12.5. The van der Waals surface area contributed by atoms with Crippen molar-refractivity contribution in [2.75, 3.05) is 42.6 Å². The molecule has 1 amide bonds. The predicted molar refractivity (Wildman–Crippen MR) is 102 cm³/mol. The lowest BCUT2D eigenvalue weighted by Gasteiger charge is -2.34. The van der Waals surface area contributed by atoms with E-state index in [-0.39, 0.29) is 0 Å². The van der Waals surface area contributed by atoms with Crippen molar-refractivity contribution in [3.63, 3.8) is 0 Å². The summed E-state index contributed by atoms with van der Waals surface area (Å²) in [5, 5.41) is 0. The van der Waals surface area contributed by atoms with E-state index >= 15 is 0 Å². The van der Waals surface area contributed by atoms with Crippen LogP contribution in [0.3, 0.4) is 0 Å². The largest absolute Gasteiger partial charge is 0.342 e. The van der Waals surface area contributed by atoms with Crippen LogP contribution >= 0.6 is 11.8 Å². The van der Waals surface area contributed by atoms with Gasteiger partial charge in [0.2, 0.25) is 11.9 Å². The Morgan fingerprint density at radius 2 is 2.00 bits per heavy atom. The van der Waals surface area contributed by atoms with Crippen LogP contribution in [0.5, 0.6) is 0 Å². The number of anilines is 1. The minimum Gasteiger partial charge on any atom is -0.342 e. The molecule has 0 spiro atoms. The van der Waals surface area contributed by atoms with E-state index in [1.165, 1.54) is 0 Å². The second kappa shape index (κ2) is 7.23. The summed E-state index contributed by atoms with van der Waals surface area (Å²) in [6, 6.07) is 3.93. The molecule has 0 N–H and O–H groups in total. The molecule has 7 heteroatoms. The monoisotopic (exact) mass is 359 g/mol. The number of carbonyl (C=O) groups is 1. The number of aryl methyl sites for hydroxylation is 1. The smallest absolute Gasteiger partial charge is 0.222 e. The Hall–Kier alpha value is -1.76. The molecule has 0 saturated carbocycles. The van der Waals surface area contributed by atoms with Gasteiger partial charge in [-0.25, -0.2) is 9.97 Å². The molecule has 0 radical (unpaired) electrons. The molecule has 25 heavy (non-hydrogen) atoms. The molecule has 4 rings (SSSR count). The van der Waals surface area contributed by atoms with Crippen LogP contribution < -0.4 is 4.90 Å². The van der Waals surface area contributed by atoms with E-state index in [2.05, 4.69) is 19.4 Å². The lowest BCUT2D eigenvalue weighted by atomic mass is 9.93. The third-order valence-electron chi connectivity index (χ3n) is 5.33. The van der Waals surface area contributed by atoms with Crippen LogP contribution in [0.25, 0.3) is 11.2 Å². The zero-order chi connectivity index (χ0) is 17.2. The number of thioether (sulfide) groups is 1. The molecule has 0 aliphatic carbocycles. The third-order valence-corrected chi connectivity index (χ3v) is 6.27. The summed E-state index contributed by atoms with van der Waals surface area (Å²) in [5.74, 6) is 4.03. The first kappa shape index (κ1) is 16.7. The van der Waals surface area contributed by atoms with Crippen molar-refractivity contribution in [3.8, 4) is 0 Å². The summed E-state index contributed by atoms with van der Waals surface area (Å²) >= 11 is 1.95. The first-order chi connectivity index (χ1) is 12.2. The highest BCUT2D eigenvalue weighted by atomic mass is 32.2. The van der Waals surface area contributed by atoms with E-state index in [4.69, 9.17) is 4.98 Å². The first-order valence-corrected chi connectivity index (χ1v) is 10.3. The fourth-order valence-electron chi connectivity index (χ4n) is 3.82. The number of amides is 1. The molecule has 2 aliphatic rings. The minimum atomic E-state index is 0.352. The van der Waals surface area contributed by atoms with Gasteiger partial charge >= 0.3 is 0 Å². The number of hydrogen-bond donors (Lipinski definition) is 0. The Bertz CT molecular complexity index is 747.